The molecule has 0 radical (unpaired) electrons. The van der Waals surface area contributed by atoms with E-state index in [9.17, 15) is 15.0 Å². The fourth-order valence-electron chi connectivity index (χ4n) is 4.72. The fourth-order valence-corrected chi connectivity index (χ4v) is 5.81. The number of fused-ring (bicyclic) bond motifs is 1. The third-order valence-electron chi connectivity index (χ3n) is 7.12. The number of thioether (sulfide) groups is 1. The molecule has 3 aromatic rings. The normalized spacial score (nSPS) is 24.9. The lowest BCUT2D eigenvalue weighted by Crippen LogP contribution is -2.40. The lowest BCUT2D eigenvalue weighted by molar-refractivity contribution is -0.122. The number of ether oxygens (including phenoxy) is 1. The van der Waals surface area contributed by atoms with Crippen molar-refractivity contribution in [2.75, 3.05) is 17.2 Å². The first-order valence-corrected chi connectivity index (χ1v) is 13.6. The number of amides is 1. The van der Waals surface area contributed by atoms with Crippen molar-refractivity contribution in [3.63, 3.8) is 0 Å². The predicted molar refractivity (Wildman–Crippen MR) is 137 cm³/mol. The lowest BCUT2D eigenvalue weighted by atomic mass is 9.83. The average molecular weight is 532 g/mol. The highest BCUT2D eigenvalue weighted by atomic mass is 32.2. The van der Waals surface area contributed by atoms with Crippen molar-refractivity contribution in [3.05, 3.63) is 30.1 Å². The first kappa shape index (κ1) is 25.9. The van der Waals surface area contributed by atoms with Crippen LogP contribution in [0.4, 0.5) is 5.82 Å². The molecule has 2 aliphatic rings. The van der Waals surface area contributed by atoms with Gasteiger partial charge in [0.15, 0.2) is 17.7 Å². The van der Waals surface area contributed by atoms with Gasteiger partial charge in [0.2, 0.25) is 5.91 Å². The van der Waals surface area contributed by atoms with Gasteiger partial charge in [0, 0.05) is 24.4 Å². The van der Waals surface area contributed by atoms with Crippen LogP contribution < -0.4 is 16.8 Å². The van der Waals surface area contributed by atoms with E-state index in [1.54, 1.807) is 4.57 Å². The number of carbonyl (C=O) groups excluding carboxylic acids is 1. The SMILES string of the molecule is Cn1nc(CNC(=O)[C@@H](N)CCSC[C@H]2O[C@@H](n3cnc4c(N)ncnc43)[C@H](O)[C@@H]2O)cc1C1CCC1. The number of hydrogen-bond acceptors (Lipinski definition) is 11. The summed E-state index contributed by atoms with van der Waals surface area (Å²) < 4.78 is 9.39. The minimum absolute atomic E-state index is 0.225. The lowest BCUT2D eigenvalue weighted by Gasteiger charge is -2.25. The molecule has 0 bridgehead atoms. The Kier molecular flexibility index (Phi) is 7.62. The summed E-state index contributed by atoms with van der Waals surface area (Å²) in [5.74, 6) is 1.59. The maximum absolute atomic E-state index is 12.5. The molecule has 7 N–H and O–H groups in total. The van der Waals surface area contributed by atoms with Crippen LogP contribution in [0.25, 0.3) is 11.2 Å². The number of aromatic nitrogens is 6. The standard InChI is InChI=1S/C23H33N9O4S/c1-31-15(12-3-2-4-12)7-13(30-31)8-26-22(35)14(24)5-6-37-9-16-18(33)19(34)23(36-16)32-11-29-17-20(25)27-10-28-21(17)32/h7,10-12,14,16,18-19,23,33-34H,2-6,8-9,24H2,1H3,(H,26,35)(H2,25,27,28)/t14-,16+,18+,19+,23+/m0/s1. The molecule has 200 valence electrons. The van der Waals surface area contributed by atoms with Crippen LogP contribution in [-0.2, 0) is 23.1 Å². The summed E-state index contributed by atoms with van der Waals surface area (Å²) in [5, 5.41) is 28.5. The minimum Gasteiger partial charge on any atom is -0.387 e. The monoisotopic (exact) mass is 531 g/mol. The predicted octanol–water partition coefficient (Wildman–Crippen LogP) is -0.204. The van der Waals surface area contributed by atoms with Crippen molar-refractivity contribution in [3.8, 4) is 0 Å². The largest absolute Gasteiger partial charge is 0.387 e. The molecule has 0 aromatic carbocycles. The molecule has 1 saturated carbocycles. The number of aliphatic hydroxyl groups excluding tert-OH is 2. The average Bonchev–Trinajstić information content (AvgIpc) is 3.51. The van der Waals surface area contributed by atoms with Gasteiger partial charge in [0.05, 0.1) is 30.7 Å². The number of carbonyl (C=O) groups is 1. The van der Waals surface area contributed by atoms with Gasteiger partial charge in [-0.25, -0.2) is 15.0 Å². The van der Waals surface area contributed by atoms with Gasteiger partial charge in [-0.1, -0.05) is 6.42 Å². The van der Waals surface area contributed by atoms with E-state index in [0.717, 1.165) is 5.69 Å². The first-order chi connectivity index (χ1) is 17.8. The molecule has 4 heterocycles. The number of hydrogen-bond donors (Lipinski definition) is 5. The minimum atomic E-state index is -1.16. The summed E-state index contributed by atoms with van der Waals surface area (Å²) in [6, 6.07) is 1.41. The number of anilines is 1. The molecule has 1 amide bonds. The molecular formula is C23H33N9O4S. The molecular weight excluding hydrogens is 498 g/mol. The van der Waals surface area contributed by atoms with Crippen molar-refractivity contribution in [2.24, 2.45) is 12.8 Å². The van der Waals surface area contributed by atoms with Crippen molar-refractivity contribution >= 4 is 34.7 Å². The number of nitrogen functional groups attached to an aromatic ring is 1. The van der Waals surface area contributed by atoms with Gasteiger partial charge in [-0.05, 0) is 31.1 Å². The molecule has 1 saturated heterocycles. The molecule has 5 rings (SSSR count). The Hall–Kier alpha value is -2.78. The number of imidazole rings is 1. The van der Waals surface area contributed by atoms with Crippen molar-refractivity contribution < 1.29 is 19.7 Å². The second-order valence-corrected chi connectivity index (χ2v) is 10.8. The molecule has 37 heavy (non-hydrogen) atoms. The van der Waals surface area contributed by atoms with Crippen LogP contribution in [0.15, 0.2) is 18.7 Å². The highest BCUT2D eigenvalue weighted by Crippen LogP contribution is 2.36. The Balaban J connectivity index is 1.06. The molecule has 0 unspecified atom stereocenters. The number of aryl methyl sites for hydroxylation is 1. The van der Waals surface area contributed by atoms with E-state index in [4.69, 9.17) is 16.2 Å². The van der Waals surface area contributed by atoms with Crippen molar-refractivity contribution in [1.29, 1.82) is 0 Å². The topological polar surface area (TPSA) is 192 Å². The molecule has 3 aromatic heterocycles. The Bertz CT molecular complexity index is 1250. The van der Waals surface area contributed by atoms with Crippen LogP contribution >= 0.6 is 11.8 Å². The fraction of sp³-hybridized carbons (Fsp3) is 0.609. The number of nitrogens with two attached hydrogens (primary N) is 2. The van der Waals surface area contributed by atoms with Gasteiger partial charge in [-0.15, -0.1) is 0 Å². The highest BCUT2D eigenvalue weighted by molar-refractivity contribution is 7.99. The van der Waals surface area contributed by atoms with E-state index in [-0.39, 0.29) is 11.7 Å². The van der Waals surface area contributed by atoms with Gasteiger partial charge in [-0.3, -0.25) is 14.0 Å². The maximum Gasteiger partial charge on any atom is 0.237 e. The maximum atomic E-state index is 12.5. The van der Waals surface area contributed by atoms with E-state index >= 15 is 0 Å². The second-order valence-electron chi connectivity index (χ2n) is 9.63. The molecule has 13 nitrogen and oxygen atoms in total. The quantitative estimate of drug-likeness (QED) is 0.217. The zero-order chi connectivity index (χ0) is 26.1. The highest BCUT2D eigenvalue weighted by Gasteiger charge is 2.44. The van der Waals surface area contributed by atoms with Crippen LogP contribution in [0.1, 0.15) is 49.2 Å². The first-order valence-electron chi connectivity index (χ1n) is 12.4. The number of rotatable bonds is 10. The number of aliphatic hydroxyl groups is 2. The van der Waals surface area contributed by atoms with E-state index in [1.807, 2.05) is 11.7 Å². The van der Waals surface area contributed by atoms with Crippen LogP contribution in [0.3, 0.4) is 0 Å². The van der Waals surface area contributed by atoms with E-state index < -0.39 is 30.6 Å². The Labute approximate surface area is 218 Å². The van der Waals surface area contributed by atoms with Crippen LogP contribution in [0.5, 0.6) is 0 Å². The van der Waals surface area contributed by atoms with Gasteiger partial charge in [0.25, 0.3) is 0 Å². The van der Waals surface area contributed by atoms with Crippen LogP contribution in [0, 0.1) is 0 Å². The molecule has 5 atom stereocenters. The van der Waals surface area contributed by atoms with Crippen LogP contribution in [-0.4, -0.2) is 81.3 Å². The smallest absolute Gasteiger partial charge is 0.237 e. The van der Waals surface area contributed by atoms with E-state index in [2.05, 4.69) is 31.4 Å². The van der Waals surface area contributed by atoms with Crippen molar-refractivity contribution in [2.45, 2.75) is 68.7 Å². The summed E-state index contributed by atoms with van der Waals surface area (Å²) >= 11 is 1.50. The van der Waals surface area contributed by atoms with E-state index in [1.165, 1.54) is 49.4 Å². The molecule has 14 heteroatoms. The Morgan fingerprint density at radius 1 is 1.30 bits per heavy atom. The van der Waals surface area contributed by atoms with Gasteiger partial charge < -0.3 is 31.7 Å². The Morgan fingerprint density at radius 3 is 2.86 bits per heavy atom. The van der Waals surface area contributed by atoms with E-state index in [0.29, 0.717) is 41.6 Å². The third-order valence-corrected chi connectivity index (χ3v) is 8.21. The Morgan fingerprint density at radius 2 is 2.11 bits per heavy atom. The van der Waals surface area contributed by atoms with Gasteiger partial charge in [0.1, 0.15) is 24.1 Å². The van der Waals surface area contributed by atoms with Crippen LogP contribution in [0.2, 0.25) is 0 Å². The van der Waals surface area contributed by atoms with Gasteiger partial charge >= 0.3 is 0 Å². The molecule has 0 spiro atoms. The zero-order valence-electron chi connectivity index (χ0n) is 20.6. The summed E-state index contributed by atoms with van der Waals surface area (Å²) in [4.78, 5) is 24.7. The third kappa shape index (κ3) is 5.29. The molecule has 2 fully saturated rings. The second kappa shape index (κ2) is 10.9. The summed E-state index contributed by atoms with van der Waals surface area (Å²) in [7, 11) is 1.94. The molecule has 1 aliphatic carbocycles. The number of nitrogens with one attached hydrogen (secondary N) is 1. The molecule has 1 aliphatic heterocycles. The zero-order valence-corrected chi connectivity index (χ0v) is 21.4. The summed E-state index contributed by atoms with van der Waals surface area (Å²) in [6.07, 6.45) is 3.16. The summed E-state index contributed by atoms with van der Waals surface area (Å²) in [5.41, 5.74) is 14.8. The summed E-state index contributed by atoms with van der Waals surface area (Å²) in [6.45, 7) is 0.348. The van der Waals surface area contributed by atoms with Gasteiger partial charge in [-0.2, -0.15) is 16.9 Å². The number of nitrogens with zero attached hydrogens (tertiary/aromatic N) is 6. The van der Waals surface area contributed by atoms with Crippen molar-refractivity contribution in [1.82, 2.24) is 34.6 Å².